The topological polar surface area (TPSA) is 57.0 Å². The molecule has 5 heteroatoms. The highest BCUT2D eigenvalue weighted by molar-refractivity contribution is 7.99. The number of hydrogen-bond acceptors (Lipinski definition) is 4. The van der Waals surface area contributed by atoms with Crippen LogP contribution in [0.15, 0.2) is 61.4 Å². The Kier molecular flexibility index (Phi) is 7.06. The molecule has 122 valence electrons. The summed E-state index contributed by atoms with van der Waals surface area (Å²) in [6, 6.07) is 13.3. The molecule has 0 unspecified atom stereocenters. The van der Waals surface area contributed by atoms with Crippen LogP contribution >= 0.6 is 11.8 Å². The van der Waals surface area contributed by atoms with Crippen LogP contribution in [-0.4, -0.2) is 28.1 Å². The van der Waals surface area contributed by atoms with Crippen LogP contribution in [0.1, 0.15) is 16.7 Å². The Bertz CT molecular complexity index is 708. The van der Waals surface area contributed by atoms with E-state index in [0.29, 0.717) is 24.4 Å². The summed E-state index contributed by atoms with van der Waals surface area (Å²) in [6.07, 6.45) is 5.28. The zero-order valence-electron chi connectivity index (χ0n) is 13.4. The molecule has 0 aliphatic rings. The quantitative estimate of drug-likeness (QED) is 0.693. The zero-order valence-corrected chi connectivity index (χ0v) is 14.2. The second kappa shape index (κ2) is 9.53. The molecule has 0 atom stereocenters. The van der Waals surface area contributed by atoms with E-state index >= 15 is 0 Å². The molecule has 0 N–H and O–H groups in total. The molecule has 0 bridgehead atoms. The van der Waals surface area contributed by atoms with Crippen molar-refractivity contribution in [3.05, 3.63) is 78.1 Å². The van der Waals surface area contributed by atoms with Gasteiger partial charge in [-0.3, -0.25) is 9.78 Å². The number of carbonyl (C=O) groups is 1. The van der Waals surface area contributed by atoms with Gasteiger partial charge in [-0.25, -0.2) is 0 Å². The third-order valence-electron chi connectivity index (χ3n) is 3.38. The molecular formula is C19H19N3OS. The van der Waals surface area contributed by atoms with Crippen molar-refractivity contribution in [2.75, 3.05) is 12.3 Å². The van der Waals surface area contributed by atoms with Crippen LogP contribution in [0.25, 0.3) is 0 Å². The normalized spacial score (nSPS) is 9.96. The molecule has 0 aliphatic carbocycles. The maximum Gasteiger partial charge on any atom is 0.233 e. The minimum atomic E-state index is 0.0770. The number of aromatic nitrogens is 1. The van der Waals surface area contributed by atoms with E-state index < -0.39 is 0 Å². The van der Waals surface area contributed by atoms with Gasteiger partial charge < -0.3 is 4.90 Å². The lowest BCUT2D eigenvalue weighted by atomic mass is 10.1. The van der Waals surface area contributed by atoms with Crippen molar-refractivity contribution in [2.45, 2.75) is 12.3 Å². The molecule has 1 heterocycles. The molecule has 1 aromatic carbocycles. The Morgan fingerprint density at radius 3 is 2.71 bits per heavy atom. The first-order valence-corrected chi connectivity index (χ1v) is 8.72. The van der Waals surface area contributed by atoms with Gasteiger partial charge in [0, 0.05) is 31.2 Å². The fourth-order valence-electron chi connectivity index (χ4n) is 2.15. The second-order valence-corrected chi connectivity index (χ2v) is 6.21. The average Bonchev–Trinajstić information content (AvgIpc) is 2.63. The third kappa shape index (κ3) is 5.56. The summed E-state index contributed by atoms with van der Waals surface area (Å²) in [4.78, 5) is 18.3. The van der Waals surface area contributed by atoms with Crippen LogP contribution in [0.2, 0.25) is 0 Å². The molecule has 0 saturated heterocycles. The van der Waals surface area contributed by atoms with Crippen molar-refractivity contribution < 1.29 is 4.79 Å². The highest BCUT2D eigenvalue weighted by Gasteiger charge is 2.13. The maximum absolute atomic E-state index is 12.4. The molecule has 0 radical (unpaired) electrons. The monoisotopic (exact) mass is 337 g/mol. The summed E-state index contributed by atoms with van der Waals surface area (Å²) in [7, 11) is 0. The number of rotatable bonds is 8. The van der Waals surface area contributed by atoms with E-state index in [2.05, 4.69) is 17.6 Å². The molecule has 0 spiro atoms. The van der Waals surface area contributed by atoms with Crippen LogP contribution in [0, 0.1) is 11.3 Å². The van der Waals surface area contributed by atoms with Crippen LogP contribution in [0.3, 0.4) is 0 Å². The number of nitrogens with zero attached hydrogens (tertiary/aromatic N) is 3. The Morgan fingerprint density at radius 2 is 2.08 bits per heavy atom. The lowest BCUT2D eigenvalue weighted by molar-refractivity contribution is -0.128. The second-order valence-electron chi connectivity index (χ2n) is 5.23. The van der Waals surface area contributed by atoms with Gasteiger partial charge in [0.05, 0.1) is 17.4 Å². The van der Waals surface area contributed by atoms with Crippen LogP contribution in [0.4, 0.5) is 0 Å². The van der Waals surface area contributed by atoms with Gasteiger partial charge in [-0.05, 0) is 29.3 Å². The van der Waals surface area contributed by atoms with Crippen molar-refractivity contribution in [1.29, 1.82) is 5.26 Å². The molecule has 1 amide bonds. The molecule has 4 nitrogen and oxygen atoms in total. The molecule has 1 aromatic heterocycles. The predicted molar refractivity (Wildman–Crippen MR) is 97.2 cm³/mol. The predicted octanol–water partition coefficient (Wildman–Crippen LogP) is 3.40. The van der Waals surface area contributed by atoms with Crippen molar-refractivity contribution in [2.24, 2.45) is 0 Å². The molecule has 24 heavy (non-hydrogen) atoms. The Balaban J connectivity index is 1.89. The van der Waals surface area contributed by atoms with E-state index in [9.17, 15) is 4.79 Å². The molecular weight excluding hydrogens is 318 g/mol. The molecule has 0 saturated carbocycles. The Hall–Kier alpha value is -2.58. The Labute approximate surface area is 146 Å². The van der Waals surface area contributed by atoms with E-state index in [1.54, 1.807) is 41.1 Å². The van der Waals surface area contributed by atoms with E-state index in [4.69, 9.17) is 5.26 Å². The summed E-state index contributed by atoms with van der Waals surface area (Å²) in [5, 5.41) is 8.84. The number of pyridine rings is 1. The third-order valence-corrected chi connectivity index (χ3v) is 4.36. The number of benzene rings is 1. The molecule has 2 aromatic rings. The lowest BCUT2D eigenvalue weighted by Crippen LogP contribution is -2.32. The van der Waals surface area contributed by atoms with Gasteiger partial charge in [0.15, 0.2) is 0 Å². The van der Waals surface area contributed by atoms with Gasteiger partial charge in [0.25, 0.3) is 0 Å². The standard InChI is InChI=1S/C19H19N3OS/c1-2-10-22(13-17-7-5-16(11-20)6-8-17)19(23)15-24-14-18-4-3-9-21-12-18/h2-9,12H,1,10,13-15H2. The molecule has 0 aliphatic heterocycles. The highest BCUT2D eigenvalue weighted by Crippen LogP contribution is 2.13. The molecule has 2 rings (SSSR count). The summed E-state index contributed by atoms with van der Waals surface area (Å²) in [6.45, 7) is 4.75. The smallest absolute Gasteiger partial charge is 0.233 e. The van der Waals surface area contributed by atoms with Gasteiger partial charge in [-0.15, -0.1) is 18.3 Å². The van der Waals surface area contributed by atoms with Gasteiger partial charge >= 0.3 is 0 Å². The van der Waals surface area contributed by atoms with Gasteiger partial charge in [-0.2, -0.15) is 5.26 Å². The zero-order chi connectivity index (χ0) is 17.2. The van der Waals surface area contributed by atoms with Crippen LogP contribution < -0.4 is 0 Å². The minimum absolute atomic E-state index is 0.0770. The highest BCUT2D eigenvalue weighted by atomic mass is 32.2. The first-order valence-electron chi connectivity index (χ1n) is 7.57. The fourth-order valence-corrected chi connectivity index (χ4v) is 3.01. The number of hydrogen-bond donors (Lipinski definition) is 0. The van der Waals surface area contributed by atoms with E-state index in [-0.39, 0.29) is 5.91 Å². The first-order chi connectivity index (χ1) is 11.7. The SMILES string of the molecule is C=CCN(Cc1ccc(C#N)cc1)C(=O)CSCc1cccnc1. The number of amides is 1. The van der Waals surface area contributed by atoms with Gasteiger partial charge in [0.1, 0.15) is 0 Å². The van der Waals surface area contributed by atoms with Gasteiger partial charge in [-0.1, -0.05) is 24.3 Å². The van der Waals surface area contributed by atoms with Crippen molar-refractivity contribution in [3.8, 4) is 6.07 Å². The molecule has 0 fully saturated rings. The van der Waals surface area contributed by atoms with E-state index in [0.717, 1.165) is 16.9 Å². The Morgan fingerprint density at radius 1 is 1.29 bits per heavy atom. The lowest BCUT2D eigenvalue weighted by Gasteiger charge is -2.21. The summed E-state index contributed by atoms with van der Waals surface area (Å²) < 4.78 is 0. The minimum Gasteiger partial charge on any atom is -0.334 e. The summed E-state index contributed by atoms with van der Waals surface area (Å²) >= 11 is 1.58. The van der Waals surface area contributed by atoms with Crippen molar-refractivity contribution in [3.63, 3.8) is 0 Å². The number of thioether (sulfide) groups is 1. The first kappa shape index (κ1) is 17.8. The fraction of sp³-hybridized carbons (Fsp3) is 0.211. The van der Waals surface area contributed by atoms with Crippen molar-refractivity contribution >= 4 is 17.7 Å². The van der Waals surface area contributed by atoms with Crippen molar-refractivity contribution in [1.82, 2.24) is 9.88 Å². The van der Waals surface area contributed by atoms with Gasteiger partial charge in [0.2, 0.25) is 5.91 Å². The maximum atomic E-state index is 12.4. The van der Waals surface area contributed by atoms with Crippen LogP contribution in [-0.2, 0) is 17.1 Å². The number of carbonyl (C=O) groups excluding carboxylic acids is 1. The van der Waals surface area contributed by atoms with E-state index in [1.807, 2.05) is 30.5 Å². The largest absolute Gasteiger partial charge is 0.334 e. The summed E-state index contributed by atoms with van der Waals surface area (Å²) in [5.41, 5.74) is 2.73. The summed E-state index contributed by atoms with van der Waals surface area (Å²) in [5.74, 6) is 1.25. The van der Waals surface area contributed by atoms with E-state index in [1.165, 1.54) is 0 Å². The number of nitriles is 1. The average molecular weight is 337 g/mol. The van der Waals surface area contributed by atoms with Crippen LogP contribution in [0.5, 0.6) is 0 Å².